The molecule has 1 aliphatic rings. The van der Waals surface area contributed by atoms with E-state index >= 15 is 0 Å². The number of aromatic nitrogens is 2. The molecule has 7 heteroatoms. The van der Waals surface area contributed by atoms with Gasteiger partial charge in [-0.2, -0.15) is 0 Å². The number of ether oxygens (including phenoxy) is 2. The molecular weight excluding hydrogens is 240 g/mol. The van der Waals surface area contributed by atoms with Crippen LogP contribution in [0.1, 0.15) is 17.4 Å². The van der Waals surface area contributed by atoms with E-state index in [4.69, 9.17) is 9.47 Å². The van der Waals surface area contributed by atoms with Crippen LogP contribution in [0, 0.1) is 0 Å². The lowest BCUT2D eigenvalue weighted by atomic mass is 10.1. The van der Waals surface area contributed by atoms with Gasteiger partial charge in [-0.25, -0.2) is 4.79 Å². The Labute approximate surface area is 101 Å². The van der Waals surface area contributed by atoms with Gasteiger partial charge >= 0.3 is 5.69 Å². The number of hydrogen-bond donors (Lipinski definition) is 4. The third kappa shape index (κ3) is 1.61. The first-order valence-corrected chi connectivity index (χ1v) is 5.24. The van der Waals surface area contributed by atoms with Crippen LogP contribution < -0.4 is 15.2 Å². The SMILES string of the molecule is O=c1[nH]c(O)c(C(O)c2ccc3c(c2)OCO3)[nH]1. The summed E-state index contributed by atoms with van der Waals surface area (Å²) in [7, 11) is 0. The van der Waals surface area contributed by atoms with Gasteiger partial charge in [-0.05, 0) is 17.7 Å². The van der Waals surface area contributed by atoms with Crippen molar-refractivity contribution in [2.45, 2.75) is 6.10 Å². The lowest BCUT2D eigenvalue weighted by Gasteiger charge is -2.09. The average Bonchev–Trinajstić information content (AvgIpc) is 2.93. The number of fused-ring (bicyclic) bond motifs is 1. The fourth-order valence-corrected chi connectivity index (χ4v) is 1.84. The van der Waals surface area contributed by atoms with Gasteiger partial charge in [-0.15, -0.1) is 0 Å². The van der Waals surface area contributed by atoms with Gasteiger partial charge in [0.15, 0.2) is 11.5 Å². The van der Waals surface area contributed by atoms with Crippen LogP contribution in [0.2, 0.25) is 0 Å². The Bertz CT molecular complexity index is 645. The van der Waals surface area contributed by atoms with E-state index in [-0.39, 0.29) is 18.4 Å². The quantitative estimate of drug-likeness (QED) is 0.609. The van der Waals surface area contributed by atoms with Gasteiger partial charge in [0, 0.05) is 0 Å². The highest BCUT2D eigenvalue weighted by atomic mass is 16.7. The Balaban J connectivity index is 2.00. The molecule has 0 radical (unpaired) electrons. The van der Waals surface area contributed by atoms with E-state index in [2.05, 4.69) is 9.97 Å². The predicted octanol–water partition coefficient (Wildman–Crippen LogP) is 0.219. The molecule has 1 unspecified atom stereocenters. The number of aliphatic hydroxyl groups is 1. The second-order valence-corrected chi connectivity index (χ2v) is 3.86. The summed E-state index contributed by atoms with van der Waals surface area (Å²) >= 11 is 0. The van der Waals surface area contributed by atoms with Gasteiger partial charge in [-0.1, -0.05) is 6.07 Å². The Morgan fingerprint density at radius 3 is 2.72 bits per heavy atom. The highest BCUT2D eigenvalue weighted by Gasteiger charge is 2.21. The zero-order chi connectivity index (χ0) is 12.7. The Morgan fingerprint density at radius 1 is 1.22 bits per heavy atom. The number of aliphatic hydroxyl groups excluding tert-OH is 1. The molecule has 0 saturated heterocycles. The zero-order valence-corrected chi connectivity index (χ0v) is 9.14. The summed E-state index contributed by atoms with van der Waals surface area (Å²) in [6.07, 6.45) is -1.15. The number of benzene rings is 1. The minimum absolute atomic E-state index is 0.0128. The molecule has 0 spiro atoms. The molecular formula is C11H10N2O5. The van der Waals surface area contributed by atoms with Crippen molar-refractivity contribution in [3.63, 3.8) is 0 Å². The lowest BCUT2D eigenvalue weighted by molar-refractivity contribution is 0.173. The van der Waals surface area contributed by atoms with Gasteiger partial charge in [-0.3, -0.25) is 4.98 Å². The van der Waals surface area contributed by atoms with E-state index in [0.29, 0.717) is 17.1 Å². The fraction of sp³-hybridized carbons (Fsp3) is 0.182. The van der Waals surface area contributed by atoms with Crippen molar-refractivity contribution in [2.24, 2.45) is 0 Å². The molecule has 0 fully saturated rings. The van der Waals surface area contributed by atoms with Crippen LogP contribution >= 0.6 is 0 Å². The predicted molar refractivity (Wildman–Crippen MR) is 59.7 cm³/mol. The second-order valence-electron chi connectivity index (χ2n) is 3.86. The van der Waals surface area contributed by atoms with Crippen molar-refractivity contribution >= 4 is 0 Å². The Kier molecular flexibility index (Phi) is 2.27. The van der Waals surface area contributed by atoms with Gasteiger partial charge in [0.05, 0.1) is 0 Å². The number of rotatable bonds is 2. The summed E-state index contributed by atoms with van der Waals surface area (Å²) in [6, 6.07) is 4.88. The molecule has 4 N–H and O–H groups in total. The molecule has 7 nitrogen and oxygen atoms in total. The third-order valence-electron chi connectivity index (χ3n) is 2.72. The number of aromatic hydroxyl groups is 1. The standard InChI is InChI=1S/C11H10N2O5/c14-9(8-10(15)13-11(16)12-8)5-1-2-6-7(3-5)18-4-17-6/h1-3,9,14-15H,4H2,(H2,12,13,16). The Morgan fingerprint density at radius 2 is 2.00 bits per heavy atom. The first kappa shape index (κ1) is 10.7. The first-order valence-electron chi connectivity index (χ1n) is 5.24. The van der Waals surface area contributed by atoms with Crippen molar-refractivity contribution in [3.05, 3.63) is 39.9 Å². The summed E-state index contributed by atoms with van der Waals surface area (Å²) in [5.41, 5.74) is -0.0917. The van der Waals surface area contributed by atoms with E-state index in [0.717, 1.165) is 0 Å². The van der Waals surface area contributed by atoms with Crippen molar-refractivity contribution in [1.82, 2.24) is 9.97 Å². The fourth-order valence-electron chi connectivity index (χ4n) is 1.84. The molecule has 0 bridgehead atoms. The summed E-state index contributed by atoms with van der Waals surface area (Å²) in [4.78, 5) is 15.5. The van der Waals surface area contributed by atoms with Crippen LogP contribution in [-0.2, 0) is 0 Å². The van der Waals surface area contributed by atoms with Gasteiger partial charge in [0.1, 0.15) is 11.8 Å². The van der Waals surface area contributed by atoms with Crippen molar-refractivity contribution in [3.8, 4) is 17.4 Å². The van der Waals surface area contributed by atoms with Crippen molar-refractivity contribution in [1.29, 1.82) is 0 Å². The molecule has 1 aromatic heterocycles. The molecule has 0 saturated carbocycles. The average molecular weight is 250 g/mol. The van der Waals surface area contributed by atoms with Crippen LogP contribution in [0.4, 0.5) is 0 Å². The molecule has 94 valence electrons. The van der Waals surface area contributed by atoms with E-state index in [1.54, 1.807) is 18.2 Å². The highest BCUT2D eigenvalue weighted by molar-refractivity contribution is 5.46. The number of hydrogen-bond acceptors (Lipinski definition) is 5. The van der Waals surface area contributed by atoms with Gasteiger partial charge in [0.2, 0.25) is 12.7 Å². The van der Waals surface area contributed by atoms with E-state index in [9.17, 15) is 15.0 Å². The Hall–Kier alpha value is -2.41. The number of aromatic amines is 2. The first-order chi connectivity index (χ1) is 8.65. The molecule has 2 heterocycles. The second kappa shape index (κ2) is 3.81. The topological polar surface area (TPSA) is 108 Å². The largest absolute Gasteiger partial charge is 0.493 e. The minimum Gasteiger partial charge on any atom is -0.493 e. The summed E-state index contributed by atoms with van der Waals surface area (Å²) < 4.78 is 10.3. The maximum absolute atomic E-state index is 11.0. The summed E-state index contributed by atoms with van der Waals surface area (Å²) in [5, 5.41) is 19.5. The molecule has 1 aliphatic heterocycles. The van der Waals surface area contributed by atoms with Crippen molar-refractivity contribution in [2.75, 3.05) is 6.79 Å². The maximum Gasteiger partial charge on any atom is 0.326 e. The van der Waals surface area contributed by atoms with Crippen molar-refractivity contribution < 1.29 is 19.7 Å². The number of nitrogens with one attached hydrogen (secondary N) is 2. The molecule has 1 aromatic carbocycles. The third-order valence-corrected chi connectivity index (χ3v) is 2.72. The monoisotopic (exact) mass is 250 g/mol. The van der Waals surface area contributed by atoms with Gasteiger partial charge < -0.3 is 24.7 Å². The number of H-pyrrole nitrogens is 2. The van der Waals surface area contributed by atoms with Crippen LogP contribution in [0.3, 0.4) is 0 Å². The molecule has 2 aromatic rings. The number of imidazole rings is 1. The molecule has 1 atom stereocenters. The van der Waals surface area contributed by atoms with E-state index in [1.807, 2.05) is 0 Å². The highest BCUT2D eigenvalue weighted by Crippen LogP contribution is 2.36. The van der Waals surface area contributed by atoms with Crippen LogP contribution in [0.5, 0.6) is 17.4 Å². The lowest BCUT2D eigenvalue weighted by Crippen LogP contribution is -2.05. The van der Waals surface area contributed by atoms with Crippen LogP contribution in [-0.4, -0.2) is 27.0 Å². The molecule has 0 aliphatic carbocycles. The molecule has 3 rings (SSSR count). The van der Waals surface area contributed by atoms with Crippen LogP contribution in [0.25, 0.3) is 0 Å². The molecule has 18 heavy (non-hydrogen) atoms. The minimum atomic E-state index is -1.15. The van der Waals surface area contributed by atoms with E-state index < -0.39 is 11.8 Å². The van der Waals surface area contributed by atoms with Gasteiger partial charge in [0.25, 0.3) is 0 Å². The smallest absolute Gasteiger partial charge is 0.326 e. The van der Waals surface area contributed by atoms with E-state index in [1.165, 1.54) is 0 Å². The normalized spacial score (nSPS) is 14.7. The zero-order valence-electron chi connectivity index (χ0n) is 9.14. The molecule has 0 amide bonds. The summed E-state index contributed by atoms with van der Waals surface area (Å²) in [5.74, 6) is 0.729. The van der Waals surface area contributed by atoms with Crippen LogP contribution in [0.15, 0.2) is 23.0 Å². The maximum atomic E-state index is 11.0. The summed E-state index contributed by atoms with van der Waals surface area (Å²) in [6.45, 7) is 0.140.